The molecule has 1 aromatic rings. The fourth-order valence-electron chi connectivity index (χ4n) is 1.16. The molecule has 1 atom stereocenters. The second-order valence-corrected chi connectivity index (χ2v) is 3.32. The maximum atomic E-state index is 5.28. The van der Waals surface area contributed by atoms with Crippen LogP contribution in [0.3, 0.4) is 0 Å². The second-order valence-electron chi connectivity index (χ2n) is 2.93. The monoisotopic (exact) mass is 213 g/mol. The van der Waals surface area contributed by atoms with E-state index in [4.69, 9.17) is 17.0 Å². The molecule has 0 saturated carbocycles. The van der Waals surface area contributed by atoms with Gasteiger partial charge < -0.3 is 4.74 Å². The molecule has 78 valence electrons. The standard InChI is InChI=1S/C9H15N3OS/c1-4-7(3)12-8(6-13-5-2)10-11-9(12)14/h4,7H,1,5-6H2,2-3H3,(H,11,14). The van der Waals surface area contributed by atoms with Crippen LogP contribution in [0.4, 0.5) is 0 Å². The molecule has 0 saturated heterocycles. The molecule has 1 aromatic heterocycles. The number of aromatic amines is 1. The molecule has 14 heavy (non-hydrogen) atoms. The molecule has 1 unspecified atom stereocenters. The molecule has 0 aliphatic carbocycles. The summed E-state index contributed by atoms with van der Waals surface area (Å²) < 4.78 is 7.79. The Morgan fingerprint density at radius 3 is 3.07 bits per heavy atom. The predicted octanol–water partition coefficient (Wildman–Crippen LogP) is 2.22. The zero-order chi connectivity index (χ0) is 10.6. The molecule has 1 rings (SSSR count). The summed E-state index contributed by atoms with van der Waals surface area (Å²) in [5.41, 5.74) is 0. The van der Waals surface area contributed by atoms with Crippen LogP contribution in [0, 0.1) is 4.77 Å². The van der Waals surface area contributed by atoms with E-state index in [0.29, 0.717) is 18.0 Å². The summed E-state index contributed by atoms with van der Waals surface area (Å²) in [6, 6.07) is 0.136. The van der Waals surface area contributed by atoms with Gasteiger partial charge in [-0.1, -0.05) is 6.08 Å². The Bertz CT molecular complexity index is 355. The molecule has 0 radical (unpaired) electrons. The first kappa shape index (κ1) is 11.1. The summed E-state index contributed by atoms with van der Waals surface area (Å²) in [5, 5.41) is 6.84. The van der Waals surface area contributed by atoms with Crippen LogP contribution in [0.1, 0.15) is 25.7 Å². The van der Waals surface area contributed by atoms with Crippen LogP contribution in [0.5, 0.6) is 0 Å². The number of rotatable bonds is 5. The third kappa shape index (κ3) is 2.30. The topological polar surface area (TPSA) is 42.8 Å². The van der Waals surface area contributed by atoms with E-state index in [9.17, 15) is 0 Å². The summed E-state index contributed by atoms with van der Waals surface area (Å²) in [6.07, 6.45) is 1.82. The van der Waals surface area contributed by atoms with Crippen molar-refractivity contribution in [3.63, 3.8) is 0 Å². The van der Waals surface area contributed by atoms with Gasteiger partial charge in [-0.2, -0.15) is 5.10 Å². The van der Waals surface area contributed by atoms with Gasteiger partial charge in [0.05, 0.1) is 6.04 Å². The minimum Gasteiger partial charge on any atom is -0.374 e. The van der Waals surface area contributed by atoms with Crippen LogP contribution in [0.25, 0.3) is 0 Å². The van der Waals surface area contributed by atoms with Crippen LogP contribution in [0.2, 0.25) is 0 Å². The van der Waals surface area contributed by atoms with Crippen molar-refractivity contribution in [2.45, 2.75) is 26.5 Å². The van der Waals surface area contributed by atoms with Crippen molar-refractivity contribution in [2.24, 2.45) is 0 Å². The molecule has 0 amide bonds. The van der Waals surface area contributed by atoms with Crippen molar-refractivity contribution >= 4 is 12.2 Å². The van der Waals surface area contributed by atoms with E-state index in [-0.39, 0.29) is 6.04 Å². The Kier molecular flexibility index (Phi) is 4.03. The van der Waals surface area contributed by atoms with Crippen molar-refractivity contribution < 1.29 is 4.74 Å². The van der Waals surface area contributed by atoms with Crippen LogP contribution in [0.15, 0.2) is 12.7 Å². The zero-order valence-electron chi connectivity index (χ0n) is 8.49. The molecular formula is C9H15N3OS. The summed E-state index contributed by atoms with van der Waals surface area (Å²) in [6.45, 7) is 8.83. The SMILES string of the molecule is C=CC(C)n1c(COCC)n[nH]c1=S. The van der Waals surface area contributed by atoms with E-state index in [1.807, 2.05) is 24.5 Å². The van der Waals surface area contributed by atoms with Gasteiger partial charge in [-0.3, -0.25) is 9.67 Å². The molecular weight excluding hydrogens is 198 g/mol. The lowest BCUT2D eigenvalue weighted by molar-refractivity contribution is 0.125. The van der Waals surface area contributed by atoms with E-state index in [1.165, 1.54) is 0 Å². The molecule has 1 N–H and O–H groups in total. The third-order valence-electron chi connectivity index (χ3n) is 1.96. The first-order valence-corrected chi connectivity index (χ1v) is 4.97. The summed E-state index contributed by atoms with van der Waals surface area (Å²) in [5.74, 6) is 0.809. The van der Waals surface area contributed by atoms with Gasteiger partial charge in [0.1, 0.15) is 6.61 Å². The highest BCUT2D eigenvalue weighted by molar-refractivity contribution is 7.71. The summed E-state index contributed by atoms with van der Waals surface area (Å²) >= 11 is 5.11. The van der Waals surface area contributed by atoms with E-state index >= 15 is 0 Å². The first-order valence-electron chi connectivity index (χ1n) is 4.56. The van der Waals surface area contributed by atoms with Crippen molar-refractivity contribution in [1.82, 2.24) is 14.8 Å². The highest BCUT2D eigenvalue weighted by Crippen LogP contribution is 2.10. The molecule has 5 heteroatoms. The number of aromatic nitrogens is 3. The fraction of sp³-hybridized carbons (Fsp3) is 0.556. The van der Waals surface area contributed by atoms with Crippen molar-refractivity contribution in [2.75, 3.05) is 6.61 Å². The Morgan fingerprint density at radius 2 is 2.50 bits per heavy atom. The van der Waals surface area contributed by atoms with Gasteiger partial charge in [0.2, 0.25) is 0 Å². The van der Waals surface area contributed by atoms with E-state index in [2.05, 4.69) is 16.8 Å². The number of H-pyrrole nitrogens is 1. The molecule has 0 bridgehead atoms. The van der Waals surface area contributed by atoms with Gasteiger partial charge >= 0.3 is 0 Å². The van der Waals surface area contributed by atoms with Gasteiger partial charge in [-0.15, -0.1) is 6.58 Å². The lowest BCUT2D eigenvalue weighted by atomic mass is 10.3. The van der Waals surface area contributed by atoms with Crippen molar-refractivity contribution in [1.29, 1.82) is 0 Å². The van der Waals surface area contributed by atoms with Crippen LogP contribution < -0.4 is 0 Å². The maximum Gasteiger partial charge on any atom is 0.195 e. The quantitative estimate of drug-likeness (QED) is 0.602. The second kappa shape index (κ2) is 5.07. The van der Waals surface area contributed by atoms with E-state index in [0.717, 1.165) is 5.82 Å². The van der Waals surface area contributed by atoms with Gasteiger partial charge in [0.25, 0.3) is 0 Å². The Morgan fingerprint density at radius 1 is 1.79 bits per heavy atom. The number of nitrogens with zero attached hydrogens (tertiary/aromatic N) is 2. The Labute approximate surface area is 88.6 Å². The largest absolute Gasteiger partial charge is 0.374 e. The molecule has 4 nitrogen and oxygen atoms in total. The molecule has 0 fully saturated rings. The van der Waals surface area contributed by atoms with Gasteiger partial charge in [-0.25, -0.2) is 0 Å². The van der Waals surface area contributed by atoms with Gasteiger partial charge in [0.15, 0.2) is 10.6 Å². The van der Waals surface area contributed by atoms with Gasteiger partial charge in [0, 0.05) is 6.61 Å². The number of hydrogen-bond acceptors (Lipinski definition) is 3. The lowest BCUT2D eigenvalue weighted by Gasteiger charge is -2.10. The average molecular weight is 213 g/mol. The van der Waals surface area contributed by atoms with Crippen molar-refractivity contribution in [3.8, 4) is 0 Å². The highest BCUT2D eigenvalue weighted by Gasteiger charge is 2.09. The predicted molar refractivity (Wildman–Crippen MR) is 57.6 cm³/mol. The molecule has 0 aromatic carbocycles. The third-order valence-corrected chi connectivity index (χ3v) is 2.25. The zero-order valence-corrected chi connectivity index (χ0v) is 9.30. The molecule has 1 heterocycles. The van der Waals surface area contributed by atoms with Crippen molar-refractivity contribution in [3.05, 3.63) is 23.3 Å². The number of allylic oxidation sites excluding steroid dienone is 1. The Hall–Kier alpha value is -0.940. The number of ether oxygens (including phenoxy) is 1. The van der Waals surface area contributed by atoms with E-state index < -0.39 is 0 Å². The lowest BCUT2D eigenvalue weighted by Crippen LogP contribution is -2.08. The first-order chi connectivity index (χ1) is 6.70. The maximum absolute atomic E-state index is 5.28. The minimum absolute atomic E-state index is 0.136. The van der Waals surface area contributed by atoms with Crippen LogP contribution in [-0.4, -0.2) is 21.4 Å². The number of hydrogen-bond donors (Lipinski definition) is 1. The van der Waals surface area contributed by atoms with Gasteiger partial charge in [-0.05, 0) is 26.1 Å². The highest BCUT2D eigenvalue weighted by atomic mass is 32.1. The minimum atomic E-state index is 0.136. The Balaban J connectivity index is 2.93. The van der Waals surface area contributed by atoms with Crippen LogP contribution in [-0.2, 0) is 11.3 Å². The molecule has 0 aliphatic heterocycles. The average Bonchev–Trinajstić information content (AvgIpc) is 2.55. The van der Waals surface area contributed by atoms with E-state index in [1.54, 1.807) is 0 Å². The number of nitrogens with one attached hydrogen (secondary N) is 1. The fourth-order valence-corrected chi connectivity index (χ4v) is 1.48. The molecule has 0 spiro atoms. The normalized spacial score (nSPS) is 12.7. The smallest absolute Gasteiger partial charge is 0.195 e. The van der Waals surface area contributed by atoms with Crippen LogP contribution >= 0.6 is 12.2 Å². The summed E-state index contributed by atoms with van der Waals surface area (Å²) in [7, 11) is 0. The summed E-state index contributed by atoms with van der Waals surface area (Å²) in [4.78, 5) is 0. The molecule has 0 aliphatic rings.